The molecule has 0 saturated carbocycles. The van der Waals surface area contributed by atoms with Gasteiger partial charge in [0.25, 0.3) is 5.56 Å². The van der Waals surface area contributed by atoms with E-state index in [0.29, 0.717) is 30.4 Å². The number of nitrogens with zero attached hydrogens (tertiary/aromatic N) is 2. The Kier molecular flexibility index (Phi) is 4.46. The van der Waals surface area contributed by atoms with Gasteiger partial charge in [0.15, 0.2) is 0 Å². The maximum atomic E-state index is 12.4. The number of aromatic amines is 1. The fourth-order valence-electron chi connectivity index (χ4n) is 3.49. The number of carbonyl (C=O) groups excluding carboxylic acids is 1. The standard InChI is InChI=1S/C18H23N3O2/c1-12-9-13(2)11-21(10-12)17(22)8-7-16-18(23)20-15-6-4-3-5-14(15)19-16/h3-6,12-13H,7-11H2,1-2H3,(H,20,23). The number of para-hydroxylation sites is 2. The Bertz CT molecular complexity index is 758. The van der Waals surface area contributed by atoms with E-state index in [1.165, 1.54) is 6.42 Å². The SMILES string of the molecule is CC1CC(C)CN(C(=O)CCc2nc3ccccc3[nH]c2=O)C1. The van der Waals surface area contributed by atoms with Gasteiger partial charge in [0, 0.05) is 25.9 Å². The van der Waals surface area contributed by atoms with Gasteiger partial charge in [0.05, 0.1) is 11.0 Å². The lowest BCUT2D eigenvalue weighted by Crippen LogP contribution is -2.42. The minimum atomic E-state index is -0.197. The first-order valence-corrected chi connectivity index (χ1v) is 8.28. The van der Waals surface area contributed by atoms with E-state index in [9.17, 15) is 9.59 Å². The summed E-state index contributed by atoms with van der Waals surface area (Å²) in [6, 6.07) is 7.45. The van der Waals surface area contributed by atoms with Crippen LogP contribution in [0.5, 0.6) is 0 Å². The number of amides is 1. The monoisotopic (exact) mass is 313 g/mol. The van der Waals surface area contributed by atoms with E-state index >= 15 is 0 Å². The molecule has 0 bridgehead atoms. The lowest BCUT2D eigenvalue weighted by Gasteiger charge is -2.35. The number of nitrogens with one attached hydrogen (secondary N) is 1. The van der Waals surface area contributed by atoms with E-state index in [0.717, 1.165) is 24.1 Å². The highest BCUT2D eigenvalue weighted by atomic mass is 16.2. The number of likely N-dealkylation sites (tertiary alicyclic amines) is 1. The fourth-order valence-corrected chi connectivity index (χ4v) is 3.49. The van der Waals surface area contributed by atoms with E-state index < -0.39 is 0 Å². The number of rotatable bonds is 3. The van der Waals surface area contributed by atoms with Crippen LogP contribution in [0.4, 0.5) is 0 Å². The van der Waals surface area contributed by atoms with Crippen LogP contribution in [0.25, 0.3) is 11.0 Å². The van der Waals surface area contributed by atoms with Crippen LogP contribution in [0.3, 0.4) is 0 Å². The summed E-state index contributed by atoms with van der Waals surface area (Å²) in [6.07, 6.45) is 1.90. The molecule has 1 aliphatic rings. The van der Waals surface area contributed by atoms with Crippen molar-refractivity contribution >= 4 is 16.9 Å². The molecule has 1 aromatic carbocycles. The Morgan fingerprint density at radius 3 is 2.70 bits per heavy atom. The first-order valence-electron chi connectivity index (χ1n) is 8.28. The van der Waals surface area contributed by atoms with Crippen LogP contribution in [-0.2, 0) is 11.2 Å². The number of fused-ring (bicyclic) bond motifs is 1. The fraction of sp³-hybridized carbons (Fsp3) is 0.500. The predicted octanol–water partition coefficient (Wildman–Crippen LogP) is 2.36. The first-order chi connectivity index (χ1) is 11.0. The summed E-state index contributed by atoms with van der Waals surface area (Å²) >= 11 is 0. The summed E-state index contributed by atoms with van der Waals surface area (Å²) in [5.41, 5.74) is 1.73. The quantitative estimate of drug-likeness (QED) is 0.946. The average Bonchev–Trinajstić information content (AvgIpc) is 2.51. The van der Waals surface area contributed by atoms with Gasteiger partial charge in [0.1, 0.15) is 5.69 Å². The van der Waals surface area contributed by atoms with Gasteiger partial charge in [-0.15, -0.1) is 0 Å². The Balaban J connectivity index is 1.69. The predicted molar refractivity (Wildman–Crippen MR) is 90.2 cm³/mol. The highest BCUT2D eigenvalue weighted by Gasteiger charge is 2.25. The van der Waals surface area contributed by atoms with Crippen LogP contribution in [0.2, 0.25) is 0 Å². The third-order valence-electron chi connectivity index (χ3n) is 4.47. The van der Waals surface area contributed by atoms with E-state index in [1.54, 1.807) is 0 Å². The van der Waals surface area contributed by atoms with Crippen LogP contribution < -0.4 is 5.56 Å². The minimum Gasteiger partial charge on any atom is -0.342 e. The molecule has 5 heteroatoms. The number of aryl methyl sites for hydroxylation is 1. The molecule has 1 saturated heterocycles. The van der Waals surface area contributed by atoms with Gasteiger partial charge in [-0.25, -0.2) is 4.98 Å². The van der Waals surface area contributed by atoms with Crippen molar-refractivity contribution in [3.63, 3.8) is 0 Å². The molecule has 122 valence electrons. The Labute approximate surface area is 135 Å². The second-order valence-corrected chi connectivity index (χ2v) is 6.77. The van der Waals surface area contributed by atoms with Gasteiger partial charge in [-0.1, -0.05) is 26.0 Å². The van der Waals surface area contributed by atoms with Crippen molar-refractivity contribution in [3.8, 4) is 0 Å². The van der Waals surface area contributed by atoms with Gasteiger partial charge < -0.3 is 9.88 Å². The molecule has 23 heavy (non-hydrogen) atoms. The van der Waals surface area contributed by atoms with Crippen molar-refractivity contribution in [2.24, 2.45) is 11.8 Å². The van der Waals surface area contributed by atoms with Crippen molar-refractivity contribution < 1.29 is 4.79 Å². The first kappa shape index (κ1) is 15.7. The second-order valence-electron chi connectivity index (χ2n) is 6.77. The smallest absolute Gasteiger partial charge is 0.270 e. The van der Waals surface area contributed by atoms with Crippen LogP contribution >= 0.6 is 0 Å². The third kappa shape index (κ3) is 3.60. The molecule has 1 N–H and O–H groups in total. The minimum absolute atomic E-state index is 0.123. The zero-order valence-electron chi connectivity index (χ0n) is 13.7. The van der Waals surface area contributed by atoms with Gasteiger partial charge in [-0.3, -0.25) is 9.59 Å². The topological polar surface area (TPSA) is 66.1 Å². The molecular weight excluding hydrogens is 290 g/mol. The van der Waals surface area contributed by atoms with E-state index in [-0.39, 0.29) is 11.5 Å². The normalized spacial score (nSPS) is 21.6. The maximum absolute atomic E-state index is 12.4. The zero-order chi connectivity index (χ0) is 16.4. The van der Waals surface area contributed by atoms with E-state index in [4.69, 9.17) is 0 Å². The van der Waals surface area contributed by atoms with Crippen molar-refractivity contribution in [2.45, 2.75) is 33.1 Å². The lowest BCUT2D eigenvalue weighted by atomic mass is 9.91. The van der Waals surface area contributed by atoms with Crippen LogP contribution in [0.1, 0.15) is 32.4 Å². The molecule has 2 atom stereocenters. The molecule has 0 radical (unpaired) electrons. The van der Waals surface area contributed by atoms with Gasteiger partial charge >= 0.3 is 0 Å². The van der Waals surface area contributed by atoms with E-state index in [2.05, 4.69) is 23.8 Å². The molecule has 0 spiro atoms. The van der Waals surface area contributed by atoms with Crippen LogP contribution in [0, 0.1) is 11.8 Å². The largest absolute Gasteiger partial charge is 0.342 e. The summed E-state index contributed by atoms with van der Waals surface area (Å²) in [5, 5.41) is 0. The number of piperidine rings is 1. The van der Waals surface area contributed by atoms with Crippen molar-refractivity contribution in [1.82, 2.24) is 14.9 Å². The number of carbonyl (C=O) groups is 1. The summed E-state index contributed by atoms with van der Waals surface area (Å²) in [4.78, 5) is 33.7. The third-order valence-corrected chi connectivity index (χ3v) is 4.47. The Hall–Kier alpha value is -2.17. The molecule has 5 nitrogen and oxygen atoms in total. The van der Waals surface area contributed by atoms with Crippen LogP contribution in [0.15, 0.2) is 29.1 Å². The Morgan fingerprint density at radius 1 is 1.26 bits per heavy atom. The molecule has 0 aliphatic carbocycles. The molecule has 1 aromatic heterocycles. The number of aromatic nitrogens is 2. The number of hydrogen-bond donors (Lipinski definition) is 1. The molecule has 2 aromatic rings. The highest BCUT2D eigenvalue weighted by Crippen LogP contribution is 2.21. The molecule has 2 heterocycles. The molecule has 2 unspecified atom stereocenters. The van der Waals surface area contributed by atoms with Gasteiger partial charge in [-0.2, -0.15) is 0 Å². The average molecular weight is 313 g/mol. The van der Waals surface area contributed by atoms with Crippen molar-refractivity contribution in [2.75, 3.05) is 13.1 Å². The summed E-state index contributed by atoms with van der Waals surface area (Å²) < 4.78 is 0. The molecule has 3 rings (SSSR count). The number of hydrogen-bond acceptors (Lipinski definition) is 3. The molecule has 1 fully saturated rings. The molecule has 1 aliphatic heterocycles. The summed E-state index contributed by atoms with van der Waals surface area (Å²) in [7, 11) is 0. The number of H-pyrrole nitrogens is 1. The molecule has 1 amide bonds. The summed E-state index contributed by atoms with van der Waals surface area (Å²) in [6.45, 7) is 6.02. The van der Waals surface area contributed by atoms with Gasteiger partial charge in [-0.05, 0) is 30.4 Å². The lowest BCUT2D eigenvalue weighted by molar-refractivity contribution is -0.133. The van der Waals surface area contributed by atoms with Crippen molar-refractivity contribution in [1.29, 1.82) is 0 Å². The van der Waals surface area contributed by atoms with Gasteiger partial charge in [0.2, 0.25) is 5.91 Å². The van der Waals surface area contributed by atoms with Crippen LogP contribution in [-0.4, -0.2) is 33.9 Å². The van der Waals surface area contributed by atoms with Crippen molar-refractivity contribution in [3.05, 3.63) is 40.3 Å². The molecular formula is C18H23N3O2. The maximum Gasteiger partial charge on any atom is 0.270 e. The summed E-state index contributed by atoms with van der Waals surface area (Å²) in [5.74, 6) is 1.22. The second kappa shape index (κ2) is 6.52. The zero-order valence-corrected chi connectivity index (χ0v) is 13.7. The highest BCUT2D eigenvalue weighted by molar-refractivity contribution is 5.77. The number of benzene rings is 1. The van der Waals surface area contributed by atoms with E-state index in [1.807, 2.05) is 29.2 Å². The Morgan fingerprint density at radius 2 is 1.96 bits per heavy atom.